The highest BCUT2D eigenvalue weighted by atomic mass is 16.5. The highest BCUT2D eigenvalue weighted by molar-refractivity contribution is 4.93. The summed E-state index contributed by atoms with van der Waals surface area (Å²) in [5.41, 5.74) is 0. The van der Waals surface area contributed by atoms with Gasteiger partial charge >= 0.3 is 0 Å². The molecule has 2 aliphatic carbocycles. The number of nitrogens with one attached hydrogen (secondary N) is 1. The van der Waals surface area contributed by atoms with E-state index >= 15 is 0 Å². The average molecular weight is 238 g/mol. The summed E-state index contributed by atoms with van der Waals surface area (Å²) in [5, 5.41) is 3.70. The summed E-state index contributed by atoms with van der Waals surface area (Å²) in [6.45, 7) is 3.71. The van der Waals surface area contributed by atoms with Gasteiger partial charge in [0.05, 0.1) is 6.10 Å². The van der Waals surface area contributed by atoms with Crippen molar-refractivity contribution in [2.24, 2.45) is 5.92 Å². The highest BCUT2D eigenvalue weighted by Crippen LogP contribution is 2.35. The zero-order valence-corrected chi connectivity index (χ0v) is 11.0. The smallest absolute Gasteiger partial charge is 0.0586 e. The van der Waals surface area contributed by atoms with E-state index in [0.29, 0.717) is 6.10 Å². The number of rotatable bonds is 3. The average Bonchev–Trinajstić information content (AvgIpc) is 3.23. The minimum absolute atomic E-state index is 0.517. The number of methoxy groups -OCH3 is 1. The lowest BCUT2D eigenvalue weighted by molar-refractivity contribution is 0.0184. The third kappa shape index (κ3) is 2.83. The lowest BCUT2D eigenvalue weighted by Crippen LogP contribution is -2.55. The number of nitrogens with zero attached hydrogens (tertiary/aromatic N) is 1. The zero-order chi connectivity index (χ0) is 11.7. The Balaban J connectivity index is 1.55. The summed E-state index contributed by atoms with van der Waals surface area (Å²) in [6, 6.07) is 1.57. The van der Waals surface area contributed by atoms with Crippen LogP contribution in [0.25, 0.3) is 0 Å². The van der Waals surface area contributed by atoms with Crippen molar-refractivity contribution in [3.8, 4) is 0 Å². The van der Waals surface area contributed by atoms with Gasteiger partial charge in [0.25, 0.3) is 0 Å². The van der Waals surface area contributed by atoms with Crippen molar-refractivity contribution >= 4 is 0 Å². The minimum Gasteiger partial charge on any atom is -0.381 e. The van der Waals surface area contributed by atoms with E-state index in [1.165, 1.54) is 58.2 Å². The van der Waals surface area contributed by atoms with Crippen LogP contribution >= 0.6 is 0 Å². The fourth-order valence-electron chi connectivity index (χ4n) is 3.61. The van der Waals surface area contributed by atoms with Crippen molar-refractivity contribution < 1.29 is 4.74 Å². The molecule has 0 aromatic carbocycles. The molecule has 3 unspecified atom stereocenters. The van der Waals surface area contributed by atoms with Crippen LogP contribution in [-0.2, 0) is 4.74 Å². The van der Waals surface area contributed by atoms with Crippen molar-refractivity contribution in [3.63, 3.8) is 0 Å². The summed E-state index contributed by atoms with van der Waals surface area (Å²) >= 11 is 0. The Morgan fingerprint density at radius 3 is 2.82 bits per heavy atom. The van der Waals surface area contributed by atoms with Crippen LogP contribution in [0.3, 0.4) is 0 Å². The van der Waals surface area contributed by atoms with Gasteiger partial charge in [-0.3, -0.25) is 4.90 Å². The lowest BCUT2D eigenvalue weighted by Gasteiger charge is -2.42. The number of hydrogen-bond donors (Lipinski definition) is 1. The third-order valence-electron chi connectivity index (χ3n) is 4.88. The van der Waals surface area contributed by atoms with Gasteiger partial charge in [-0.25, -0.2) is 0 Å². The van der Waals surface area contributed by atoms with Gasteiger partial charge in [0.2, 0.25) is 0 Å². The molecule has 3 heteroatoms. The molecule has 0 radical (unpaired) electrons. The van der Waals surface area contributed by atoms with Crippen molar-refractivity contribution in [2.75, 3.05) is 26.7 Å². The number of hydrogen-bond acceptors (Lipinski definition) is 3. The van der Waals surface area contributed by atoms with Crippen LogP contribution in [0.2, 0.25) is 0 Å². The number of piperazine rings is 1. The van der Waals surface area contributed by atoms with Gasteiger partial charge in [-0.05, 0) is 44.4 Å². The first-order chi connectivity index (χ1) is 8.36. The van der Waals surface area contributed by atoms with Crippen molar-refractivity contribution in [2.45, 2.75) is 56.7 Å². The Bertz CT molecular complexity index is 255. The molecule has 3 fully saturated rings. The van der Waals surface area contributed by atoms with Gasteiger partial charge in [0.1, 0.15) is 0 Å². The molecule has 1 saturated heterocycles. The van der Waals surface area contributed by atoms with Crippen molar-refractivity contribution in [1.29, 1.82) is 0 Å². The predicted molar refractivity (Wildman–Crippen MR) is 69.1 cm³/mol. The van der Waals surface area contributed by atoms with E-state index < -0.39 is 0 Å². The van der Waals surface area contributed by atoms with Gasteiger partial charge in [-0.15, -0.1) is 0 Å². The summed E-state index contributed by atoms with van der Waals surface area (Å²) in [7, 11) is 1.87. The Hall–Kier alpha value is -0.120. The van der Waals surface area contributed by atoms with E-state index in [-0.39, 0.29) is 0 Å². The molecule has 1 N–H and O–H groups in total. The maximum atomic E-state index is 5.56. The fourth-order valence-corrected chi connectivity index (χ4v) is 3.61. The number of ether oxygens (including phenoxy) is 1. The van der Waals surface area contributed by atoms with Crippen LogP contribution in [0, 0.1) is 5.92 Å². The zero-order valence-electron chi connectivity index (χ0n) is 11.0. The highest BCUT2D eigenvalue weighted by Gasteiger charge is 2.36. The van der Waals surface area contributed by atoms with Crippen LogP contribution in [0.1, 0.15) is 38.5 Å². The van der Waals surface area contributed by atoms with Crippen molar-refractivity contribution in [3.05, 3.63) is 0 Å². The first-order valence-corrected chi connectivity index (χ1v) is 7.37. The molecular formula is C14H26N2O. The van der Waals surface area contributed by atoms with Gasteiger partial charge in [-0.1, -0.05) is 0 Å². The predicted octanol–water partition coefficient (Wildman–Crippen LogP) is 1.63. The molecule has 2 saturated carbocycles. The molecule has 0 aromatic heterocycles. The molecule has 3 aliphatic rings. The third-order valence-corrected chi connectivity index (χ3v) is 4.88. The quantitative estimate of drug-likeness (QED) is 0.809. The molecule has 3 nitrogen and oxygen atoms in total. The van der Waals surface area contributed by atoms with Crippen LogP contribution in [0.5, 0.6) is 0 Å². The largest absolute Gasteiger partial charge is 0.381 e. The molecular weight excluding hydrogens is 212 g/mol. The second kappa shape index (κ2) is 5.25. The summed E-state index contributed by atoms with van der Waals surface area (Å²) in [5.74, 6) is 0.986. The second-order valence-electron chi connectivity index (χ2n) is 6.07. The van der Waals surface area contributed by atoms with Crippen LogP contribution < -0.4 is 5.32 Å². The SMILES string of the molecule is COC1CCCC(N2CCNC(C3CC3)C2)C1. The van der Waals surface area contributed by atoms with E-state index in [4.69, 9.17) is 4.74 Å². The fraction of sp³-hybridized carbons (Fsp3) is 1.00. The monoisotopic (exact) mass is 238 g/mol. The maximum absolute atomic E-state index is 5.56. The molecule has 3 rings (SSSR count). The van der Waals surface area contributed by atoms with Crippen molar-refractivity contribution in [1.82, 2.24) is 10.2 Å². The van der Waals surface area contributed by atoms with Gasteiger partial charge in [0, 0.05) is 38.8 Å². The van der Waals surface area contributed by atoms with E-state index in [0.717, 1.165) is 18.0 Å². The molecule has 0 amide bonds. The molecule has 1 heterocycles. The molecule has 98 valence electrons. The Morgan fingerprint density at radius 2 is 2.06 bits per heavy atom. The Kier molecular flexibility index (Phi) is 3.69. The molecule has 0 bridgehead atoms. The van der Waals surface area contributed by atoms with Crippen LogP contribution in [0.4, 0.5) is 0 Å². The van der Waals surface area contributed by atoms with Crippen LogP contribution in [-0.4, -0.2) is 49.8 Å². The lowest BCUT2D eigenvalue weighted by atomic mass is 9.90. The Morgan fingerprint density at radius 1 is 1.18 bits per heavy atom. The summed E-state index contributed by atoms with van der Waals surface area (Å²) < 4.78 is 5.56. The van der Waals surface area contributed by atoms with Gasteiger partial charge in [0.15, 0.2) is 0 Å². The molecule has 3 atom stereocenters. The second-order valence-corrected chi connectivity index (χ2v) is 6.07. The summed E-state index contributed by atoms with van der Waals surface area (Å²) in [4.78, 5) is 2.74. The van der Waals surface area contributed by atoms with Gasteiger partial charge < -0.3 is 10.1 Å². The first-order valence-electron chi connectivity index (χ1n) is 7.37. The van der Waals surface area contributed by atoms with E-state index in [9.17, 15) is 0 Å². The molecule has 1 aliphatic heterocycles. The Labute approximate surface area is 105 Å². The van der Waals surface area contributed by atoms with Gasteiger partial charge in [-0.2, -0.15) is 0 Å². The first kappa shape index (κ1) is 11.9. The maximum Gasteiger partial charge on any atom is 0.0586 e. The van der Waals surface area contributed by atoms with Crippen LogP contribution in [0.15, 0.2) is 0 Å². The van der Waals surface area contributed by atoms with E-state index in [1.807, 2.05) is 7.11 Å². The molecule has 0 spiro atoms. The van der Waals surface area contributed by atoms with E-state index in [1.54, 1.807) is 0 Å². The minimum atomic E-state index is 0.517. The standard InChI is InChI=1S/C14H26N2O/c1-17-13-4-2-3-12(9-13)16-8-7-15-14(10-16)11-5-6-11/h11-15H,2-10H2,1H3. The topological polar surface area (TPSA) is 24.5 Å². The van der Waals surface area contributed by atoms with E-state index in [2.05, 4.69) is 10.2 Å². The summed E-state index contributed by atoms with van der Waals surface area (Å²) in [6.07, 6.45) is 8.69. The normalized spacial score (nSPS) is 40.4. The molecule has 0 aromatic rings. The molecule has 17 heavy (non-hydrogen) atoms.